The summed E-state index contributed by atoms with van der Waals surface area (Å²) in [5.41, 5.74) is 0.0697. The summed E-state index contributed by atoms with van der Waals surface area (Å²) < 4.78 is 66.7. The Morgan fingerprint density at radius 3 is 2.33 bits per heavy atom. The van der Waals surface area contributed by atoms with Crippen molar-refractivity contribution in [1.29, 1.82) is 0 Å². The molecule has 39 heavy (non-hydrogen) atoms. The van der Waals surface area contributed by atoms with Crippen LogP contribution in [0.1, 0.15) is 37.0 Å². The van der Waals surface area contributed by atoms with Crippen molar-refractivity contribution < 1.29 is 31.1 Å². The molecule has 1 aromatic heterocycles. The molecule has 3 rings (SSSR count). The van der Waals surface area contributed by atoms with Crippen molar-refractivity contribution in [3.05, 3.63) is 69.1 Å². The fourth-order valence-corrected chi connectivity index (χ4v) is 4.80. The largest absolute Gasteiger partial charge is 0.494 e. The van der Waals surface area contributed by atoms with E-state index in [1.165, 1.54) is 42.3 Å². The summed E-state index contributed by atoms with van der Waals surface area (Å²) in [7, 11) is 2.83. The number of hydrogen-bond donors (Lipinski definition) is 1. The third-order valence-corrected chi connectivity index (χ3v) is 7.23. The predicted molar refractivity (Wildman–Crippen MR) is 148 cm³/mol. The van der Waals surface area contributed by atoms with E-state index >= 15 is 4.39 Å². The number of amides is 1. The van der Waals surface area contributed by atoms with Gasteiger partial charge in [0.25, 0.3) is 0 Å². The number of hydrogen-bond acceptors (Lipinski definition) is 7. The lowest BCUT2D eigenvalue weighted by Gasteiger charge is -2.19. The Kier molecular flexibility index (Phi) is 11.4. The predicted octanol–water partition coefficient (Wildman–Crippen LogP) is 3.98. The van der Waals surface area contributed by atoms with Crippen LogP contribution in [0.15, 0.2) is 39.5 Å². The number of methoxy groups -OCH3 is 1. The number of nitrogens with zero attached hydrogens (tertiary/aromatic N) is 2. The minimum atomic E-state index is -3.70. The molecular weight excluding hydrogens is 532 g/mol. The summed E-state index contributed by atoms with van der Waals surface area (Å²) in [6, 6.07) is 6.86. The molecule has 9 nitrogen and oxygen atoms in total. The van der Waals surface area contributed by atoms with E-state index < -0.39 is 27.3 Å². The molecule has 12 heteroatoms. The maximum atomic E-state index is 15.3. The average molecular weight is 568 g/mol. The highest BCUT2D eigenvalue weighted by Crippen LogP contribution is 2.30. The van der Waals surface area contributed by atoms with Crippen LogP contribution < -0.4 is 15.1 Å². The maximum absolute atomic E-state index is 15.3. The number of rotatable bonds is 11. The highest BCUT2D eigenvalue weighted by atomic mass is 32.2. The van der Waals surface area contributed by atoms with Gasteiger partial charge < -0.3 is 19.0 Å². The number of benzene rings is 2. The molecular formula is C27H35F2N3O6S. The van der Waals surface area contributed by atoms with E-state index in [1.807, 2.05) is 18.9 Å². The van der Waals surface area contributed by atoms with Gasteiger partial charge in [-0.25, -0.2) is 22.0 Å². The first-order valence-corrected chi connectivity index (χ1v) is 13.9. The van der Waals surface area contributed by atoms with Crippen molar-refractivity contribution in [2.45, 2.75) is 33.2 Å². The minimum Gasteiger partial charge on any atom is -0.494 e. The lowest BCUT2D eigenvalue weighted by Crippen LogP contribution is -2.22. The number of sulfonamides is 1. The molecule has 0 unspecified atom stereocenters. The number of carbonyl (C=O) groups excluding carboxylic acids is 1. The summed E-state index contributed by atoms with van der Waals surface area (Å²) in [6.45, 7) is 4.59. The highest BCUT2D eigenvalue weighted by molar-refractivity contribution is 7.92. The molecule has 0 aliphatic carbocycles. The molecule has 1 amide bonds. The van der Waals surface area contributed by atoms with Gasteiger partial charge in [-0.1, -0.05) is 26.0 Å². The monoisotopic (exact) mass is 567 g/mol. The molecule has 3 aromatic rings. The van der Waals surface area contributed by atoms with Crippen LogP contribution in [0.25, 0.3) is 11.0 Å². The lowest BCUT2D eigenvalue weighted by atomic mass is 9.97. The van der Waals surface area contributed by atoms with Gasteiger partial charge in [-0.2, -0.15) is 0 Å². The number of nitrogens with one attached hydrogen (secondary N) is 1. The van der Waals surface area contributed by atoms with Gasteiger partial charge in [0.1, 0.15) is 5.58 Å². The first-order valence-electron chi connectivity index (χ1n) is 12.3. The Hall–Kier alpha value is -3.51. The second-order valence-corrected chi connectivity index (χ2v) is 10.9. The van der Waals surface area contributed by atoms with Crippen molar-refractivity contribution in [1.82, 2.24) is 9.80 Å². The molecule has 2 aromatic carbocycles. The fourth-order valence-electron chi connectivity index (χ4n) is 3.67. The van der Waals surface area contributed by atoms with Crippen LogP contribution in [0.3, 0.4) is 0 Å². The molecule has 1 N–H and O–H groups in total. The van der Waals surface area contributed by atoms with Gasteiger partial charge in [-0.05, 0) is 43.3 Å². The van der Waals surface area contributed by atoms with Gasteiger partial charge in [-0.3, -0.25) is 9.52 Å². The van der Waals surface area contributed by atoms with Gasteiger partial charge in [0, 0.05) is 44.1 Å². The second kappa shape index (κ2) is 14.0. The summed E-state index contributed by atoms with van der Waals surface area (Å²) in [6.07, 6.45) is 0.971. The van der Waals surface area contributed by atoms with Crippen molar-refractivity contribution in [2.75, 3.05) is 45.3 Å². The van der Waals surface area contributed by atoms with Crippen LogP contribution in [-0.4, -0.2) is 65.2 Å². The highest BCUT2D eigenvalue weighted by Gasteiger charge is 2.21. The molecule has 0 bridgehead atoms. The second-order valence-electron chi connectivity index (χ2n) is 9.11. The Bertz CT molecular complexity index is 1460. The van der Waals surface area contributed by atoms with Crippen LogP contribution >= 0.6 is 0 Å². The minimum absolute atomic E-state index is 0.0590. The Morgan fingerprint density at radius 1 is 1.10 bits per heavy atom. The summed E-state index contributed by atoms with van der Waals surface area (Å²) in [5, 5.41) is 0.383. The Balaban J connectivity index is 0.000000976. The van der Waals surface area contributed by atoms with E-state index in [9.17, 15) is 22.4 Å². The first-order chi connectivity index (χ1) is 18.4. The first kappa shape index (κ1) is 31.7. The molecule has 0 radical (unpaired) electrons. The molecule has 1 heterocycles. The molecule has 0 atom stereocenters. The summed E-state index contributed by atoms with van der Waals surface area (Å²) in [5.74, 6) is -1.60. The average Bonchev–Trinajstić information content (AvgIpc) is 2.88. The van der Waals surface area contributed by atoms with Gasteiger partial charge in [0.2, 0.25) is 16.4 Å². The molecule has 0 saturated heterocycles. The zero-order valence-corrected chi connectivity index (χ0v) is 23.8. The van der Waals surface area contributed by atoms with Crippen molar-refractivity contribution >= 4 is 33.1 Å². The van der Waals surface area contributed by atoms with Crippen LogP contribution in [0.2, 0.25) is 0 Å². The quantitative estimate of drug-likeness (QED) is 0.276. The molecule has 214 valence electrons. The van der Waals surface area contributed by atoms with Gasteiger partial charge in [-0.15, -0.1) is 0 Å². The normalized spacial score (nSPS) is 11.2. The van der Waals surface area contributed by atoms with Crippen LogP contribution in [-0.2, 0) is 27.8 Å². The van der Waals surface area contributed by atoms with Crippen molar-refractivity contribution in [3.8, 4) is 5.75 Å². The van der Waals surface area contributed by atoms with Gasteiger partial charge >= 0.3 is 5.63 Å². The van der Waals surface area contributed by atoms with Crippen molar-refractivity contribution in [2.24, 2.45) is 0 Å². The van der Waals surface area contributed by atoms with Crippen LogP contribution in [0.5, 0.6) is 5.75 Å². The molecule has 0 spiro atoms. The van der Waals surface area contributed by atoms with Crippen LogP contribution in [0, 0.1) is 11.6 Å². The maximum Gasteiger partial charge on any atom is 0.340 e. The summed E-state index contributed by atoms with van der Waals surface area (Å²) in [4.78, 5) is 25.8. The topological polar surface area (TPSA) is 109 Å². The molecule has 0 aliphatic heterocycles. The van der Waals surface area contributed by atoms with Crippen molar-refractivity contribution in [3.63, 3.8) is 0 Å². The van der Waals surface area contributed by atoms with E-state index in [1.54, 1.807) is 21.0 Å². The zero-order valence-electron chi connectivity index (χ0n) is 23.0. The van der Waals surface area contributed by atoms with Gasteiger partial charge in [0.05, 0.1) is 18.6 Å². The molecule has 0 saturated carbocycles. The number of anilines is 1. The summed E-state index contributed by atoms with van der Waals surface area (Å²) >= 11 is 0. The fraction of sp³-hybridized carbons (Fsp3) is 0.407. The lowest BCUT2D eigenvalue weighted by molar-refractivity contribution is -0.115. The van der Waals surface area contributed by atoms with Crippen LogP contribution in [0.4, 0.5) is 14.5 Å². The molecule has 0 fully saturated rings. The van der Waals surface area contributed by atoms with Gasteiger partial charge in [0.15, 0.2) is 17.4 Å². The number of fused-ring (bicyclic) bond motifs is 1. The Morgan fingerprint density at radius 2 is 1.77 bits per heavy atom. The third-order valence-electron chi connectivity index (χ3n) is 5.76. The van der Waals surface area contributed by atoms with E-state index in [2.05, 4.69) is 4.72 Å². The number of halogens is 2. The van der Waals surface area contributed by atoms with E-state index in [0.717, 1.165) is 6.41 Å². The number of ether oxygens (including phenoxy) is 1. The smallest absolute Gasteiger partial charge is 0.340 e. The number of carbonyl (C=O) groups is 1. The zero-order chi connectivity index (χ0) is 29.3. The SMILES string of the molecule is CCCS(=O)(=O)Nc1cccc(Cc2c(CN(C)CC)c3cc(F)c(OC)cc3oc2=O)c1F.CN(C)C=O. The van der Waals surface area contributed by atoms with E-state index in [4.69, 9.17) is 9.15 Å². The van der Waals surface area contributed by atoms with E-state index in [0.29, 0.717) is 30.5 Å². The Labute approximate surface area is 227 Å². The van der Waals surface area contributed by atoms with E-state index in [-0.39, 0.29) is 40.3 Å². The third kappa shape index (κ3) is 8.49. The molecule has 0 aliphatic rings. The standard InChI is InChI=1S/C24H28F2N2O5S.C3H7NO/c1-5-10-34(30,31)27-20-9-7-8-15(23(20)26)11-17-18(14-28(3)6-2)16-12-19(25)22(32-4)13-21(16)33-24(17)29;1-4(2)3-5/h7-9,12-13,27H,5-6,10-11,14H2,1-4H3;3H,1-2H3.